The van der Waals surface area contributed by atoms with E-state index in [0.717, 1.165) is 0 Å². The molecule has 3 rings (SSSR count). The quantitative estimate of drug-likeness (QED) is 0.928. The number of nitrogens with zero attached hydrogens (tertiary/aromatic N) is 1. The van der Waals surface area contributed by atoms with E-state index in [9.17, 15) is 14.0 Å². The van der Waals surface area contributed by atoms with Crippen LogP contribution in [0.4, 0.5) is 4.39 Å². The number of hydrogen-bond acceptors (Lipinski definition) is 3. The van der Waals surface area contributed by atoms with E-state index in [1.54, 1.807) is 0 Å². The fraction of sp³-hybridized carbons (Fsp3) is 0.375. The molecule has 1 amide bonds. The normalized spacial score (nSPS) is 19.0. The highest BCUT2D eigenvalue weighted by molar-refractivity contribution is 5.86. The zero-order chi connectivity index (χ0) is 16.0. The number of oxazole rings is 1. The van der Waals surface area contributed by atoms with Gasteiger partial charge in [0.15, 0.2) is 5.58 Å². The van der Waals surface area contributed by atoms with Crippen molar-refractivity contribution in [2.24, 2.45) is 0 Å². The van der Waals surface area contributed by atoms with Crippen LogP contribution in [-0.4, -0.2) is 10.5 Å². The van der Waals surface area contributed by atoms with Crippen molar-refractivity contribution in [3.8, 4) is 0 Å². The van der Waals surface area contributed by atoms with E-state index in [0.29, 0.717) is 35.2 Å². The molecular formula is C16H17FN2O3. The molecule has 1 aliphatic rings. The summed E-state index contributed by atoms with van der Waals surface area (Å²) in [5, 5.41) is 2.63. The summed E-state index contributed by atoms with van der Waals surface area (Å²) >= 11 is 0. The highest BCUT2D eigenvalue weighted by Gasteiger charge is 2.30. The summed E-state index contributed by atoms with van der Waals surface area (Å²) in [5.74, 6) is -1.42. The van der Waals surface area contributed by atoms with Gasteiger partial charge in [-0.1, -0.05) is 20.4 Å². The summed E-state index contributed by atoms with van der Waals surface area (Å²) in [6.07, 6.45) is 1.01. The second-order valence-electron chi connectivity index (χ2n) is 5.88. The van der Waals surface area contributed by atoms with E-state index in [4.69, 9.17) is 4.42 Å². The molecule has 1 atom stereocenters. The monoisotopic (exact) mass is 304 g/mol. The number of aromatic nitrogens is 1. The molecule has 1 aromatic carbocycles. The number of carbonyl (C=O) groups excluding carboxylic acids is 1. The van der Waals surface area contributed by atoms with Crippen LogP contribution in [0, 0.1) is 5.82 Å². The van der Waals surface area contributed by atoms with Crippen LogP contribution < -0.4 is 11.1 Å². The molecule has 116 valence electrons. The molecular weight excluding hydrogens is 287 g/mol. The summed E-state index contributed by atoms with van der Waals surface area (Å²) in [4.78, 5) is 24.4. The average molecular weight is 304 g/mol. The lowest BCUT2D eigenvalue weighted by Crippen LogP contribution is -2.39. The number of amides is 1. The number of halogens is 1. The fourth-order valence-corrected chi connectivity index (χ4v) is 2.86. The van der Waals surface area contributed by atoms with Crippen molar-refractivity contribution in [1.82, 2.24) is 9.88 Å². The first-order valence-corrected chi connectivity index (χ1v) is 7.21. The van der Waals surface area contributed by atoms with Crippen LogP contribution in [-0.2, 0) is 4.79 Å². The smallest absolute Gasteiger partial charge is 0.407 e. The van der Waals surface area contributed by atoms with Crippen LogP contribution in [0.15, 0.2) is 33.6 Å². The molecule has 0 radical (unpaired) electrons. The number of nitrogens with one attached hydrogen (secondary N) is 1. The Labute approximate surface area is 126 Å². The Morgan fingerprint density at radius 2 is 2.14 bits per heavy atom. The predicted molar refractivity (Wildman–Crippen MR) is 80.1 cm³/mol. The molecule has 0 bridgehead atoms. The number of fused-ring (bicyclic) bond motifs is 1. The van der Waals surface area contributed by atoms with Gasteiger partial charge in [0.2, 0.25) is 5.91 Å². The van der Waals surface area contributed by atoms with E-state index < -0.39 is 17.6 Å². The Hall–Kier alpha value is -2.37. The van der Waals surface area contributed by atoms with Crippen LogP contribution in [0.5, 0.6) is 0 Å². The molecule has 0 spiro atoms. The first kappa shape index (κ1) is 14.6. The molecule has 0 aliphatic carbocycles. The molecule has 1 fully saturated rings. The molecule has 1 aromatic heterocycles. The number of carbonyl (C=O) groups is 1. The predicted octanol–water partition coefficient (Wildman–Crippen LogP) is 2.82. The van der Waals surface area contributed by atoms with Crippen LogP contribution in [0.25, 0.3) is 11.1 Å². The van der Waals surface area contributed by atoms with Crippen molar-refractivity contribution in [2.45, 2.75) is 38.6 Å². The van der Waals surface area contributed by atoms with E-state index in [1.807, 2.05) is 13.8 Å². The number of rotatable bonds is 2. The van der Waals surface area contributed by atoms with Crippen molar-refractivity contribution < 1.29 is 13.6 Å². The van der Waals surface area contributed by atoms with Gasteiger partial charge in [-0.2, -0.15) is 0 Å². The van der Waals surface area contributed by atoms with E-state index in [1.165, 1.54) is 16.7 Å². The van der Waals surface area contributed by atoms with Gasteiger partial charge in [-0.05, 0) is 24.8 Å². The minimum Gasteiger partial charge on any atom is -0.407 e. The number of piperidine rings is 1. The third-order valence-corrected chi connectivity index (χ3v) is 3.96. The van der Waals surface area contributed by atoms with Gasteiger partial charge in [-0.15, -0.1) is 0 Å². The molecule has 5 nitrogen and oxygen atoms in total. The minimum atomic E-state index is -0.707. The first-order chi connectivity index (χ1) is 10.4. The molecule has 2 aromatic rings. The molecule has 1 N–H and O–H groups in total. The molecule has 0 saturated carbocycles. The van der Waals surface area contributed by atoms with Gasteiger partial charge in [-0.3, -0.25) is 9.36 Å². The number of hydrogen-bond donors (Lipinski definition) is 1. The Morgan fingerprint density at radius 1 is 1.41 bits per heavy atom. The van der Waals surface area contributed by atoms with Crippen LogP contribution in [0.2, 0.25) is 0 Å². The Kier molecular flexibility index (Phi) is 3.39. The molecule has 2 heterocycles. The summed E-state index contributed by atoms with van der Waals surface area (Å²) in [6, 6.07) is 1.90. The third kappa shape index (κ3) is 2.24. The summed E-state index contributed by atoms with van der Waals surface area (Å²) in [5.41, 5.74) is 1.91. The highest BCUT2D eigenvalue weighted by Crippen LogP contribution is 2.30. The van der Waals surface area contributed by atoms with Crippen molar-refractivity contribution in [2.75, 3.05) is 0 Å². The summed E-state index contributed by atoms with van der Waals surface area (Å²) in [7, 11) is 0. The molecule has 6 heteroatoms. The molecule has 22 heavy (non-hydrogen) atoms. The topological polar surface area (TPSA) is 64.2 Å². The number of benzene rings is 1. The summed E-state index contributed by atoms with van der Waals surface area (Å²) in [6.45, 7) is 7.50. The summed E-state index contributed by atoms with van der Waals surface area (Å²) < 4.78 is 20.5. The Morgan fingerprint density at radius 3 is 2.77 bits per heavy atom. The Bertz CT molecular complexity index is 832. The van der Waals surface area contributed by atoms with Crippen LogP contribution >= 0.6 is 0 Å². The first-order valence-electron chi connectivity index (χ1n) is 7.21. The standard InChI is InChI=1S/C16H17FN2O3/c1-8(2)11-6-10(17)7-13-14(11)22-16(21)19(13)12-5-4-9(3)18-15(12)20/h6-8,12H,3-5H2,1-2H3,(H,18,20). The maximum Gasteiger partial charge on any atom is 0.420 e. The molecule has 1 aliphatic heterocycles. The van der Waals surface area contributed by atoms with Crippen molar-refractivity contribution in [3.63, 3.8) is 0 Å². The van der Waals surface area contributed by atoms with Crippen molar-refractivity contribution >= 4 is 17.0 Å². The SMILES string of the molecule is C=C1CCC(n2c(=O)oc3c(C(C)C)cc(F)cc32)C(=O)N1. The lowest BCUT2D eigenvalue weighted by Gasteiger charge is -2.24. The fourth-order valence-electron chi connectivity index (χ4n) is 2.86. The van der Waals surface area contributed by atoms with Gasteiger partial charge < -0.3 is 9.73 Å². The van der Waals surface area contributed by atoms with Crippen molar-refractivity contribution in [1.29, 1.82) is 0 Å². The van der Waals surface area contributed by atoms with Crippen LogP contribution in [0.1, 0.15) is 44.2 Å². The third-order valence-electron chi connectivity index (χ3n) is 3.96. The zero-order valence-electron chi connectivity index (χ0n) is 12.5. The van der Waals surface area contributed by atoms with Crippen LogP contribution in [0.3, 0.4) is 0 Å². The van der Waals surface area contributed by atoms with Gasteiger partial charge in [0.25, 0.3) is 0 Å². The Balaban J connectivity index is 2.22. The molecule has 1 unspecified atom stereocenters. The zero-order valence-corrected chi connectivity index (χ0v) is 12.5. The second-order valence-corrected chi connectivity index (χ2v) is 5.88. The van der Waals surface area contributed by atoms with Gasteiger partial charge >= 0.3 is 5.76 Å². The van der Waals surface area contributed by atoms with E-state index in [2.05, 4.69) is 11.9 Å². The number of allylic oxidation sites excluding steroid dienone is 1. The van der Waals surface area contributed by atoms with Gasteiger partial charge in [-0.25, -0.2) is 9.18 Å². The molecule has 1 saturated heterocycles. The maximum absolute atomic E-state index is 13.9. The average Bonchev–Trinajstić information content (AvgIpc) is 2.74. The lowest BCUT2D eigenvalue weighted by atomic mass is 10.0. The van der Waals surface area contributed by atoms with Crippen molar-refractivity contribution in [3.05, 3.63) is 46.3 Å². The van der Waals surface area contributed by atoms with Gasteiger partial charge in [0, 0.05) is 17.3 Å². The van der Waals surface area contributed by atoms with Gasteiger partial charge in [0.05, 0.1) is 5.52 Å². The highest BCUT2D eigenvalue weighted by atomic mass is 19.1. The van der Waals surface area contributed by atoms with E-state index >= 15 is 0 Å². The van der Waals surface area contributed by atoms with Gasteiger partial charge in [0.1, 0.15) is 11.9 Å². The second kappa shape index (κ2) is 5.12. The minimum absolute atomic E-state index is 0.00263. The lowest BCUT2D eigenvalue weighted by molar-refractivity contribution is -0.124. The largest absolute Gasteiger partial charge is 0.420 e. The maximum atomic E-state index is 13.9. The van der Waals surface area contributed by atoms with E-state index in [-0.39, 0.29) is 11.8 Å².